The molecule has 0 aliphatic rings. The van der Waals surface area contributed by atoms with E-state index in [0.717, 1.165) is 36.8 Å². The van der Waals surface area contributed by atoms with Crippen LogP contribution in [0, 0.1) is 0 Å². The molecule has 3 nitrogen and oxygen atoms in total. The molecule has 0 aliphatic heterocycles. The number of para-hydroxylation sites is 2. The van der Waals surface area contributed by atoms with Crippen molar-refractivity contribution in [2.45, 2.75) is 26.8 Å². The molecule has 0 spiro atoms. The molecule has 0 fully saturated rings. The number of hydrogen-bond donors (Lipinski definition) is 1. The topological polar surface area (TPSA) is 30.5 Å². The van der Waals surface area contributed by atoms with Gasteiger partial charge in [0.2, 0.25) is 0 Å². The predicted octanol–water partition coefficient (Wildman–Crippen LogP) is 4.49. The van der Waals surface area contributed by atoms with Gasteiger partial charge >= 0.3 is 0 Å². The second kappa shape index (κ2) is 8.20. The van der Waals surface area contributed by atoms with Gasteiger partial charge in [0, 0.05) is 6.54 Å². The lowest BCUT2D eigenvalue weighted by Gasteiger charge is -2.13. The molecule has 3 heteroatoms. The predicted molar refractivity (Wildman–Crippen MR) is 87.2 cm³/mol. The SMILES string of the molecule is CCCOc1ccccc1NCc1ccc(OCC)cc1. The molecule has 0 atom stereocenters. The second-order valence-corrected chi connectivity index (χ2v) is 4.78. The van der Waals surface area contributed by atoms with Crippen molar-refractivity contribution in [1.82, 2.24) is 0 Å². The van der Waals surface area contributed by atoms with Gasteiger partial charge in [0.05, 0.1) is 18.9 Å². The van der Waals surface area contributed by atoms with Gasteiger partial charge in [-0.05, 0) is 43.2 Å². The van der Waals surface area contributed by atoms with Crippen molar-refractivity contribution in [2.75, 3.05) is 18.5 Å². The number of ether oxygens (including phenoxy) is 2. The highest BCUT2D eigenvalue weighted by atomic mass is 16.5. The van der Waals surface area contributed by atoms with Gasteiger partial charge in [0.15, 0.2) is 0 Å². The van der Waals surface area contributed by atoms with Gasteiger partial charge < -0.3 is 14.8 Å². The van der Waals surface area contributed by atoms with Crippen molar-refractivity contribution in [3.63, 3.8) is 0 Å². The third-order valence-corrected chi connectivity index (χ3v) is 3.07. The minimum atomic E-state index is 0.694. The van der Waals surface area contributed by atoms with Crippen LogP contribution < -0.4 is 14.8 Å². The average molecular weight is 285 g/mol. The molecule has 0 unspecified atom stereocenters. The molecule has 0 saturated carbocycles. The zero-order chi connectivity index (χ0) is 14.9. The Bertz CT molecular complexity index is 537. The van der Waals surface area contributed by atoms with Gasteiger partial charge in [-0.15, -0.1) is 0 Å². The van der Waals surface area contributed by atoms with E-state index in [1.165, 1.54) is 5.56 Å². The summed E-state index contributed by atoms with van der Waals surface area (Å²) in [5.74, 6) is 1.82. The molecule has 0 aliphatic carbocycles. The molecular formula is C18H23NO2. The standard InChI is InChI=1S/C18H23NO2/c1-3-13-21-18-8-6-5-7-17(18)19-14-15-9-11-16(12-10-15)20-4-2/h5-12,19H,3-4,13-14H2,1-2H3. The Morgan fingerprint density at radius 3 is 2.38 bits per heavy atom. The maximum Gasteiger partial charge on any atom is 0.142 e. The van der Waals surface area contributed by atoms with Crippen LogP contribution in [0.15, 0.2) is 48.5 Å². The molecule has 0 aromatic heterocycles. The molecule has 21 heavy (non-hydrogen) atoms. The first kappa shape index (κ1) is 15.2. The molecule has 1 N–H and O–H groups in total. The summed E-state index contributed by atoms with van der Waals surface area (Å²) in [5.41, 5.74) is 2.24. The maximum absolute atomic E-state index is 5.74. The number of benzene rings is 2. The van der Waals surface area contributed by atoms with Crippen LogP contribution in [0.4, 0.5) is 5.69 Å². The van der Waals surface area contributed by atoms with Crippen LogP contribution in [0.5, 0.6) is 11.5 Å². The first-order valence-corrected chi connectivity index (χ1v) is 7.51. The molecule has 2 aromatic carbocycles. The Hall–Kier alpha value is -2.16. The van der Waals surface area contributed by atoms with Gasteiger partial charge in [0.1, 0.15) is 11.5 Å². The van der Waals surface area contributed by atoms with Crippen LogP contribution in [0.3, 0.4) is 0 Å². The Morgan fingerprint density at radius 1 is 0.905 bits per heavy atom. The Labute approximate surface area is 126 Å². The number of anilines is 1. The lowest BCUT2D eigenvalue weighted by molar-refractivity contribution is 0.319. The lowest BCUT2D eigenvalue weighted by atomic mass is 10.2. The van der Waals surface area contributed by atoms with E-state index in [4.69, 9.17) is 9.47 Å². The maximum atomic E-state index is 5.74. The minimum absolute atomic E-state index is 0.694. The second-order valence-electron chi connectivity index (χ2n) is 4.78. The minimum Gasteiger partial charge on any atom is -0.494 e. The first-order valence-electron chi connectivity index (χ1n) is 7.51. The van der Waals surface area contributed by atoms with Crippen molar-refractivity contribution < 1.29 is 9.47 Å². The van der Waals surface area contributed by atoms with Crippen molar-refractivity contribution in [1.29, 1.82) is 0 Å². The summed E-state index contributed by atoms with van der Waals surface area (Å²) >= 11 is 0. The van der Waals surface area contributed by atoms with Crippen molar-refractivity contribution in [3.05, 3.63) is 54.1 Å². The fraction of sp³-hybridized carbons (Fsp3) is 0.333. The monoisotopic (exact) mass is 285 g/mol. The summed E-state index contributed by atoms with van der Waals surface area (Å²) in [6.45, 7) is 6.29. The van der Waals surface area contributed by atoms with E-state index in [1.807, 2.05) is 43.3 Å². The number of nitrogens with one attached hydrogen (secondary N) is 1. The van der Waals surface area contributed by atoms with Crippen LogP contribution >= 0.6 is 0 Å². The van der Waals surface area contributed by atoms with Gasteiger partial charge in [-0.2, -0.15) is 0 Å². The zero-order valence-electron chi connectivity index (χ0n) is 12.8. The number of hydrogen-bond acceptors (Lipinski definition) is 3. The van der Waals surface area contributed by atoms with Gasteiger partial charge in [-0.25, -0.2) is 0 Å². The van der Waals surface area contributed by atoms with E-state index in [2.05, 4.69) is 24.4 Å². The lowest BCUT2D eigenvalue weighted by Crippen LogP contribution is -2.03. The highest BCUT2D eigenvalue weighted by molar-refractivity contribution is 5.56. The summed E-state index contributed by atoms with van der Waals surface area (Å²) in [7, 11) is 0. The molecular weight excluding hydrogens is 262 g/mol. The van der Waals surface area contributed by atoms with E-state index in [0.29, 0.717) is 6.61 Å². The van der Waals surface area contributed by atoms with E-state index in [-0.39, 0.29) is 0 Å². The van der Waals surface area contributed by atoms with E-state index >= 15 is 0 Å². The molecule has 0 radical (unpaired) electrons. The van der Waals surface area contributed by atoms with E-state index < -0.39 is 0 Å². The molecule has 0 heterocycles. The summed E-state index contributed by atoms with van der Waals surface area (Å²) in [6, 6.07) is 16.2. The fourth-order valence-electron chi connectivity index (χ4n) is 2.02. The van der Waals surface area contributed by atoms with Gasteiger partial charge in [-0.3, -0.25) is 0 Å². The van der Waals surface area contributed by atoms with Crippen LogP contribution in [0.1, 0.15) is 25.8 Å². The Balaban J connectivity index is 1.96. The normalized spacial score (nSPS) is 10.2. The van der Waals surface area contributed by atoms with E-state index in [9.17, 15) is 0 Å². The van der Waals surface area contributed by atoms with Crippen molar-refractivity contribution in [3.8, 4) is 11.5 Å². The average Bonchev–Trinajstić information content (AvgIpc) is 2.53. The fourth-order valence-corrected chi connectivity index (χ4v) is 2.02. The quantitative estimate of drug-likeness (QED) is 0.775. The van der Waals surface area contributed by atoms with Crippen LogP contribution in [0.25, 0.3) is 0 Å². The summed E-state index contributed by atoms with van der Waals surface area (Å²) in [4.78, 5) is 0. The third-order valence-electron chi connectivity index (χ3n) is 3.07. The van der Waals surface area contributed by atoms with E-state index in [1.54, 1.807) is 0 Å². The first-order chi connectivity index (χ1) is 10.3. The zero-order valence-corrected chi connectivity index (χ0v) is 12.8. The highest BCUT2D eigenvalue weighted by Gasteiger charge is 2.02. The molecule has 0 amide bonds. The molecule has 0 saturated heterocycles. The van der Waals surface area contributed by atoms with Gasteiger partial charge in [0.25, 0.3) is 0 Å². The molecule has 0 bridgehead atoms. The summed E-state index contributed by atoms with van der Waals surface area (Å²) in [6.07, 6.45) is 1.01. The Morgan fingerprint density at radius 2 is 1.67 bits per heavy atom. The van der Waals surface area contributed by atoms with Crippen molar-refractivity contribution in [2.24, 2.45) is 0 Å². The number of rotatable bonds is 8. The largest absolute Gasteiger partial charge is 0.494 e. The Kier molecular flexibility index (Phi) is 5.95. The highest BCUT2D eigenvalue weighted by Crippen LogP contribution is 2.24. The summed E-state index contributed by atoms with van der Waals surface area (Å²) in [5, 5.41) is 3.42. The van der Waals surface area contributed by atoms with Crippen LogP contribution in [0.2, 0.25) is 0 Å². The third kappa shape index (κ3) is 4.71. The van der Waals surface area contributed by atoms with Gasteiger partial charge in [-0.1, -0.05) is 31.2 Å². The van der Waals surface area contributed by atoms with Crippen LogP contribution in [-0.2, 0) is 6.54 Å². The van der Waals surface area contributed by atoms with Crippen molar-refractivity contribution >= 4 is 5.69 Å². The van der Waals surface area contributed by atoms with Crippen LogP contribution in [-0.4, -0.2) is 13.2 Å². The molecule has 2 rings (SSSR count). The summed E-state index contributed by atoms with van der Waals surface area (Å²) < 4.78 is 11.2. The molecule has 112 valence electrons. The molecule has 2 aromatic rings. The smallest absolute Gasteiger partial charge is 0.142 e.